The van der Waals surface area contributed by atoms with Gasteiger partial charge in [0, 0.05) is 30.1 Å². The van der Waals surface area contributed by atoms with Gasteiger partial charge in [0.1, 0.15) is 0 Å². The van der Waals surface area contributed by atoms with Crippen LogP contribution < -0.4 is 10.6 Å². The summed E-state index contributed by atoms with van der Waals surface area (Å²) in [7, 11) is 0. The molecule has 6 heteroatoms. The molecule has 0 spiro atoms. The van der Waals surface area contributed by atoms with Crippen molar-refractivity contribution in [2.45, 2.75) is 52.2 Å². The number of pyridine rings is 1. The maximum absolute atomic E-state index is 10.4. The van der Waals surface area contributed by atoms with Crippen LogP contribution >= 0.6 is 24.0 Å². The summed E-state index contributed by atoms with van der Waals surface area (Å²) < 4.78 is 0. The lowest BCUT2D eigenvalue weighted by atomic mass is 9.73. The molecule has 0 saturated heterocycles. The van der Waals surface area contributed by atoms with E-state index in [9.17, 15) is 5.11 Å². The first kappa shape index (κ1) is 21.9. The van der Waals surface area contributed by atoms with Crippen LogP contribution in [0.2, 0.25) is 0 Å². The van der Waals surface area contributed by atoms with E-state index in [-0.39, 0.29) is 35.5 Å². The summed E-state index contributed by atoms with van der Waals surface area (Å²) in [5.41, 5.74) is 2.07. The number of hydrogen-bond acceptors (Lipinski definition) is 3. The smallest absolute Gasteiger partial charge is 0.191 e. The predicted molar refractivity (Wildman–Crippen MR) is 123 cm³/mol. The van der Waals surface area contributed by atoms with Gasteiger partial charge >= 0.3 is 0 Å². The summed E-state index contributed by atoms with van der Waals surface area (Å²) in [6.07, 6.45) is 5.86. The maximum atomic E-state index is 10.4. The second-order valence-corrected chi connectivity index (χ2v) is 7.45. The molecule has 1 aromatic heterocycles. The van der Waals surface area contributed by atoms with Crippen LogP contribution in [0.25, 0.3) is 10.9 Å². The fourth-order valence-electron chi connectivity index (χ4n) is 3.67. The van der Waals surface area contributed by atoms with Gasteiger partial charge in [0.25, 0.3) is 0 Å². The Morgan fingerprint density at radius 2 is 2.07 bits per heavy atom. The number of nitrogens with zero attached hydrogens (tertiary/aromatic N) is 2. The van der Waals surface area contributed by atoms with E-state index in [2.05, 4.69) is 35.5 Å². The molecule has 1 fully saturated rings. The Balaban J connectivity index is 0.00000261. The topological polar surface area (TPSA) is 69.5 Å². The minimum Gasteiger partial charge on any atom is -0.392 e. The Morgan fingerprint density at radius 3 is 2.85 bits per heavy atom. The highest BCUT2D eigenvalue weighted by molar-refractivity contribution is 14.0. The average molecular weight is 482 g/mol. The van der Waals surface area contributed by atoms with Crippen LogP contribution in [0.1, 0.15) is 45.1 Å². The fraction of sp³-hybridized carbons (Fsp3) is 0.524. The van der Waals surface area contributed by atoms with Crippen LogP contribution in [0.3, 0.4) is 0 Å². The van der Waals surface area contributed by atoms with Gasteiger partial charge in [-0.15, -0.1) is 24.0 Å². The van der Waals surface area contributed by atoms with E-state index >= 15 is 0 Å². The van der Waals surface area contributed by atoms with E-state index in [0.29, 0.717) is 6.54 Å². The molecule has 148 valence electrons. The van der Waals surface area contributed by atoms with Crippen molar-refractivity contribution in [3.63, 3.8) is 0 Å². The van der Waals surface area contributed by atoms with E-state index in [4.69, 9.17) is 4.99 Å². The van der Waals surface area contributed by atoms with Gasteiger partial charge in [0.05, 0.1) is 18.2 Å². The zero-order chi connectivity index (χ0) is 18.4. The van der Waals surface area contributed by atoms with Gasteiger partial charge in [-0.2, -0.15) is 0 Å². The number of guanidine groups is 1. The zero-order valence-corrected chi connectivity index (χ0v) is 18.6. The Bertz CT molecular complexity index is 761. The number of halogens is 1. The number of rotatable bonds is 5. The Kier molecular flexibility index (Phi) is 8.28. The van der Waals surface area contributed by atoms with E-state index in [1.807, 2.05) is 30.5 Å². The number of aliphatic hydroxyl groups is 1. The van der Waals surface area contributed by atoms with E-state index in [0.717, 1.165) is 54.8 Å². The lowest BCUT2D eigenvalue weighted by Crippen LogP contribution is -2.48. The quantitative estimate of drug-likeness (QED) is 0.344. The first-order valence-electron chi connectivity index (χ1n) is 9.65. The van der Waals surface area contributed by atoms with Gasteiger partial charge in [-0.3, -0.25) is 4.98 Å². The highest BCUT2D eigenvalue weighted by Crippen LogP contribution is 2.35. The zero-order valence-electron chi connectivity index (χ0n) is 16.2. The molecule has 2 aromatic rings. The minimum absolute atomic E-state index is 0. The highest BCUT2D eigenvalue weighted by Gasteiger charge is 2.35. The number of hydrogen-bond donors (Lipinski definition) is 3. The maximum Gasteiger partial charge on any atom is 0.191 e. The van der Waals surface area contributed by atoms with Crippen LogP contribution in [0.4, 0.5) is 0 Å². The third-order valence-electron chi connectivity index (χ3n) is 5.43. The van der Waals surface area contributed by atoms with Crippen molar-refractivity contribution in [3.8, 4) is 0 Å². The van der Waals surface area contributed by atoms with Crippen molar-refractivity contribution in [2.75, 3.05) is 13.1 Å². The number of aliphatic hydroxyl groups excluding tert-OH is 1. The van der Waals surface area contributed by atoms with Crippen molar-refractivity contribution in [2.24, 2.45) is 10.4 Å². The van der Waals surface area contributed by atoms with Crippen LogP contribution in [0, 0.1) is 5.41 Å². The average Bonchev–Trinajstić information content (AvgIpc) is 2.66. The van der Waals surface area contributed by atoms with Gasteiger partial charge in [0.2, 0.25) is 0 Å². The Morgan fingerprint density at radius 1 is 1.26 bits per heavy atom. The molecule has 1 aliphatic rings. The molecule has 3 N–H and O–H groups in total. The monoisotopic (exact) mass is 482 g/mol. The molecule has 5 nitrogen and oxygen atoms in total. The molecule has 0 amide bonds. The van der Waals surface area contributed by atoms with E-state index in [1.165, 1.54) is 6.42 Å². The molecule has 3 rings (SSSR count). The summed E-state index contributed by atoms with van der Waals surface area (Å²) in [6, 6.07) is 10.2. The lowest BCUT2D eigenvalue weighted by molar-refractivity contribution is 0.00397. The molecular weight excluding hydrogens is 451 g/mol. The number of aromatic nitrogens is 1. The Labute approximate surface area is 179 Å². The molecule has 0 aliphatic heterocycles. The third kappa shape index (κ3) is 5.54. The van der Waals surface area contributed by atoms with Crippen molar-refractivity contribution in [1.29, 1.82) is 0 Å². The van der Waals surface area contributed by atoms with Crippen LogP contribution in [-0.4, -0.2) is 35.2 Å². The SMILES string of the molecule is CCNC(=NCc1ccnc2ccccc12)NCC1(C)CCCCC1O.I. The van der Waals surface area contributed by atoms with Gasteiger partial charge in [-0.05, 0) is 37.5 Å². The first-order chi connectivity index (χ1) is 12.6. The molecular formula is C21H31IN4O. The predicted octanol–water partition coefficient (Wildman–Crippen LogP) is 3.85. The van der Waals surface area contributed by atoms with Crippen molar-refractivity contribution in [3.05, 3.63) is 42.1 Å². The van der Waals surface area contributed by atoms with Gasteiger partial charge < -0.3 is 15.7 Å². The second-order valence-electron chi connectivity index (χ2n) is 7.45. The largest absolute Gasteiger partial charge is 0.392 e. The standard InChI is InChI=1S/C21H30N4O.HI/c1-3-22-20(25-15-21(2)12-7-6-10-19(21)26)24-14-16-11-13-23-18-9-5-4-8-17(16)18;/h4-5,8-9,11,13,19,26H,3,6-7,10,12,14-15H2,1-2H3,(H2,22,24,25);1H. The van der Waals surface area contributed by atoms with Crippen LogP contribution in [-0.2, 0) is 6.54 Å². The second kappa shape index (κ2) is 10.2. The van der Waals surface area contributed by atoms with Crippen molar-refractivity contribution in [1.82, 2.24) is 15.6 Å². The molecule has 2 unspecified atom stereocenters. The number of para-hydroxylation sites is 1. The van der Waals surface area contributed by atoms with E-state index in [1.54, 1.807) is 0 Å². The number of benzene rings is 1. The molecule has 1 saturated carbocycles. The Hall–Kier alpha value is -1.41. The fourth-order valence-corrected chi connectivity index (χ4v) is 3.67. The summed E-state index contributed by atoms with van der Waals surface area (Å²) >= 11 is 0. The normalized spacial score (nSPS) is 22.9. The molecule has 1 aromatic carbocycles. The summed E-state index contributed by atoms with van der Waals surface area (Å²) in [5.74, 6) is 0.799. The van der Waals surface area contributed by atoms with Crippen LogP contribution in [0.5, 0.6) is 0 Å². The molecule has 27 heavy (non-hydrogen) atoms. The molecule has 0 radical (unpaired) electrons. The summed E-state index contributed by atoms with van der Waals surface area (Å²) in [6.45, 7) is 6.37. The number of fused-ring (bicyclic) bond motifs is 1. The molecule has 0 bridgehead atoms. The number of nitrogens with one attached hydrogen (secondary N) is 2. The first-order valence-corrected chi connectivity index (χ1v) is 9.65. The molecule has 2 atom stereocenters. The van der Waals surface area contributed by atoms with E-state index < -0.39 is 0 Å². The van der Waals surface area contributed by atoms with Crippen molar-refractivity contribution < 1.29 is 5.11 Å². The van der Waals surface area contributed by atoms with Gasteiger partial charge in [-0.1, -0.05) is 38.0 Å². The summed E-state index contributed by atoms with van der Waals surface area (Å²) in [4.78, 5) is 9.17. The van der Waals surface area contributed by atoms with Gasteiger partial charge in [-0.25, -0.2) is 4.99 Å². The summed E-state index contributed by atoms with van der Waals surface area (Å²) in [5, 5.41) is 18.3. The van der Waals surface area contributed by atoms with Crippen molar-refractivity contribution >= 4 is 40.8 Å². The van der Waals surface area contributed by atoms with Crippen LogP contribution in [0.15, 0.2) is 41.5 Å². The minimum atomic E-state index is -0.240. The highest BCUT2D eigenvalue weighted by atomic mass is 127. The third-order valence-corrected chi connectivity index (χ3v) is 5.43. The van der Waals surface area contributed by atoms with Gasteiger partial charge in [0.15, 0.2) is 5.96 Å². The molecule has 1 aliphatic carbocycles. The lowest BCUT2D eigenvalue weighted by Gasteiger charge is -2.38. The molecule has 1 heterocycles. The number of aliphatic imine (C=N–C) groups is 1.